The molecule has 3 aliphatic carbocycles. The Labute approximate surface area is 196 Å². The highest BCUT2D eigenvalue weighted by Crippen LogP contribution is 2.55. The van der Waals surface area contributed by atoms with Crippen molar-refractivity contribution in [2.75, 3.05) is 6.54 Å². The number of aromatic hydroxyl groups is 1. The first-order valence-corrected chi connectivity index (χ1v) is 11.2. The number of fused-ring (bicyclic) bond motifs is 3. The molecule has 1 amide bonds. The van der Waals surface area contributed by atoms with Gasteiger partial charge >= 0.3 is 0 Å². The topological polar surface area (TPSA) is 164 Å². The van der Waals surface area contributed by atoms with E-state index in [1.165, 1.54) is 6.07 Å². The predicted octanol–water partition coefficient (Wildman–Crippen LogP) is 1.63. The van der Waals surface area contributed by atoms with E-state index in [-0.39, 0.29) is 28.8 Å². The van der Waals surface area contributed by atoms with Crippen LogP contribution in [0.1, 0.15) is 51.2 Å². The van der Waals surface area contributed by atoms with Crippen LogP contribution in [0.4, 0.5) is 0 Å². The van der Waals surface area contributed by atoms with Crippen molar-refractivity contribution < 1.29 is 39.9 Å². The van der Waals surface area contributed by atoms with Crippen molar-refractivity contribution >= 4 is 23.2 Å². The van der Waals surface area contributed by atoms with Crippen molar-refractivity contribution in [3.63, 3.8) is 0 Å². The maximum absolute atomic E-state index is 13.6. The van der Waals surface area contributed by atoms with Crippen LogP contribution in [0.25, 0.3) is 5.76 Å². The molecule has 0 saturated heterocycles. The van der Waals surface area contributed by atoms with Gasteiger partial charge in [0.05, 0.1) is 11.7 Å². The normalized spacial score (nSPS) is 31.1. The maximum Gasteiger partial charge on any atom is 0.258 e. The van der Waals surface area contributed by atoms with Crippen LogP contribution in [-0.2, 0) is 14.4 Å². The van der Waals surface area contributed by atoms with Crippen LogP contribution in [0.3, 0.4) is 0 Å². The van der Waals surface area contributed by atoms with Gasteiger partial charge in [-0.15, -0.1) is 0 Å². The largest absolute Gasteiger partial charge is 0.508 e. The minimum atomic E-state index is -2.79. The monoisotopic (exact) mass is 471 g/mol. The van der Waals surface area contributed by atoms with Crippen LogP contribution < -0.4 is 5.32 Å². The second-order valence-electron chi connectivity index (χ2n) is 10.6. The molecule has 1 fully saturated rings. The van der Waals surface area contributed by atoms with Crippen LogP contribution in [0.5, 0.6) is 5.75 Å². The highest BCUT2D eigenvalue weighted by atomic mass is 16.4. The highest BCUT2D eigenvalue weighted by molar-refractivity contribution is 6.23. The first-order chi connectivity index (χ1) is 15.7. The molecule has 9 nitrogen and oxygen atoms in total. The van der Waals surface area contributed by atoms with Crippen molar-refractivity contribution in [2.24, 2.45) is 17.3 Å². The van der Waals surface area contributed by atoms with Crippen molar-refractivity contribution in [1.29, 1.82) is 0 Å². The summed E-state index contributed by atoms with van der Waals surface area (Å²) in [5, 5.41) is 57.5. The Morgan fingerprint density at radius 2 is 1.82 bits per heavy atom. The maximum atomic E-state index is 13.6. The molecule has 1 saturated carbocycles. The number of phenols is 1. The van der Waals surface area contributed by atoms with Crippen molar-refractivity contribution in [2.45, 2.75) is 51.7 Å². The van der Waals surface area contributed by atoms with E-state index in [1.807, 2.05) is 20.8 Å². The Morgan fingerprint density at radius 3 is 2.44 bits per heavy atom. The fraction of sp³-hybridized carbons (Fsp3) is 0.480. The minimum absolute atomic E-state index is 0.00217. The van der Waals surface area contributed by atoms with Gasteiger partial charge in [-0.1, -0.05) is 39.8 Å². The zero-order valence-corrected chi connectivity index (χ0v) is 19.4. The average molecular weight is 472 g/mol. The number of aliphatic hydroxyl groups excluding tert-OH is 3. The summed E-state index contributed by atoms with van der Waals surface area (Å²) in [6, 6.07) is 4.54. The van der Waals surface area contributed by atoms with E-state index < -0.39 is 70.4 Å². The van der Waals surface area contributed by atoms with E-state index in [0.29, 0.717) is 5.56 Å². The fourth-order valence-corrected chi connectivity index (χ4v) is 5.37. The van der Waals surface area contributed by atoms with Gasteiger partial charge in [-0.2, -0.15) is 0 Å². The summed E-state index contributed by atoms with van der Waals surface area (Å²) in [7, 11) is 0. The molecule has 0 aliphatic heterocycles. The summed E-state index contributed by atoms with van der Waals surface area (Å²) < 4.78 is 0. The molecule has 0 bridgehead atoms. The van der Waals surface area contributed by atoms with Crippen LogP contribution in [-0.4, -0.2) is 61.3 Å². The number of carbonyl (C=O) groups excluding carboxylic acids is 3. The van der Waals surface area contributed by atoms with E-state index in [1.54, 1.807) is 19.1 Å². The Morgan fingerprint density at radius 1 is 1.18 bits per heavy atom. The highest BCUT2D eigenvalue weighted by Gasteiger charge is 2.65. The van der Waals surface area contributed by atoms with Gasteiger partial charge in [-0.25, -0.2) is 0 Å². The molecule has 182 valence electrons. The van der Waals surface area contributed by atoms with Gasteiger partial charge < -0.3 is 30.8 Å². The molecule has 4 rings (SSSR count). The third-order valence-corrected chi connectivity index (χ3v) is 7.13. The zero-order valence-electron chi connectivity index (χ0n) is 19.4. The number of ketones is 2. The van der Waals surface area contributed by atoms with Gasteiger partial charge in [0.1, 0.15) is 22.8 Å². The second kappa shape index (κ2) is 7.68. The summed E-state index contributed by atoms with van der Waals surface area (Å²) in [6.45, 7) is 7.41. The van der Waals surface area contributed by atoms with Crippen LogP contribution >= 0.6 is 0 Å². The summed E-state index contributed by atoms with van der Waals surface area (Å²) in [5.74, 6) is -7.88. The van der Waals surface area contributed by atoms with Crippen molar-refractivity contribution in [1.82, 2.24) is 5.32 Å². The van der Waals surface area contributed by atoms with E-state index in [9.17, 15) is 39.9 Å². The van der Waals surface area contributed by atoms with E-state index >= 15 is 0 Å². The van der Waals surface area contributed by atoms with E-state index in [2.05, 4.69) is 5.32 Å². The molecule has 0 aromatic heterocycles. The lowest BCUT2D eigenvalue weighted by Gasteiger charge is -2.50. The molecule has 34 heavy (non-hydrogen) atoms. The number of benzene rings is 1. The SMILES string of the molecule is C[C@H]1c2cccc(O)c2C(O)=C2C(=O)[C@]3(O)C(O)=C(C(=O)NCC(C)(C)C)C(=O)C[C@@H]3[C@@H](O)[C@@H]21. The van der Waals surface area contributed by atoms with Gasteiger partial charge in [-0.3, -0.25) is 14.4 Å². The quantitative estimate of drug-likeness (QED) is 0.354. The molecule has 0 heterocycles. The molecular formula is C25H29NO8. The number of amides is 1. The predicted molar refractivity (Wildman–Crippen MR) is 121 cm³/mol. The lowest BCUT2D eigenvalue weighted by Crippen LogP contribution is -2.64. The number of rotatable bonds is 2. The van der Waals surface area contributed by atoms with Gasteiger partial charge in [0.15, 0.2) is 11.4 Å². The zero-order chi connectivity index (χ0) is 25.3. The standard InChI is InChI=1S/C25H29NO8/c1-10-11-6-5-7-13(27)16(11)20(30)18-15(10)19(29)12-8-14(28)17(21(31)25(12,34)22(18)32)23(33)26-9-24(2,3)4/h5-7,10,12,15,19,27,29-31,34H,8-9H2,1-4H3,(H,26,33)/t10-,12+,15+,19+,25+/m0/s1. The Bertz CT molecular complexity index is 1170. The molecule has 1 aromatic carbocycles. The Kier molecular flexibility index (Phi) is 5.41. The number of aliphatic hydroxyl groups is 4. The molecule has 1 aromatic rings. The lowest BCUT2D eigenvalue weighted by atomic mass is 9.55. The molecule has 9 heteroatoms. The lowest BCUT2D eigenvalue weighted by molar-refractivity contribution is -0.160. The van der Waals surface area contributed by atoms with E-state index in [0.717, 1.165) is 0 Å². The summed E-state index contributed by atoms with van der Waals surface area (Å²) >= 11 is 0. The summed E-state index contributed by atoms with van der Waals surface area (Å²) in [5.41, 5.74) is -3.73. The van der Waals surface area contributed by atoms with E-state index in [4.69, 9.17) is 0 Å². The number of hydrogen-bond donors (Lipinski definition) is 6. The van der Waals surface area contributed by atoms with Gasteiger partial charge in [0.2, 0.25) is 5.78 Å². The number of phenolic OH excluding ortho intramolecular Hbond substituents is 1. The first kappa shape index (κ1) is 24.0. The molecule has 3 aliphatic rings. The molecule has 5 atom stereocenters. The van der Waals surface area contributed by atoms with Gasteiger partial charge in [0.25, 0.3) is 5.91 Å². The number of hydrogen-bond acceptors (Lipinski definition) is 8. The number of carbonyl (C=O) groups is 3. The third kappa shape index (κ3) is 3.25. The third-order valence-electron chi connectivity index (χ3n) is 7.13. The first-order valence-electron chi connectivity index (χ1n) is 11.2. The van der Waals surface area contributed by atoms with Gasteiger partial charge in [0, 0.05) is 30.4 Å². The Hall–Kier alpha value is -3.17. The van der Waals surface area contributed by atoms with Crippen molar-refractivity contribution in [3.05, 3.63) is 46.2 Å². The van der Waals surface area contributed by atoms with Crippen LogP contribution in [0.15, 0.2) is 35.1 Å². The number of Topliss-reactive ketones (excluding diaryl/α,β-unsaturated/α-hetero) is 2. The molecule has 0 radical (unpaired) electrons. The summed E-state index contributed by atoms with van der Waals surface area (Å²) in [4.78, 5) is 39.3. The minimum Gasteiger partial charge on any atom is -0.508 e. The molecule has 0 unspecified atom stereocenters. The average Bonchev–Trinajstić information content (AvgIpc) is 2.74. The fourth-order valence-electron chi connectivity index (χ4n) is 5.37. The van der Waals surface area contributed by atoms with Crippen LogP contribution in [0.2, 0.25) is 0 Å². The smallest absolute Gasteiger partial charge is 0.258 e. The molecule has 6 N–H and O–H groups in total. The van der Waals surface area contributed by atoms with Crippen molar-refractivity contribution in [3.8, 4) is 5.75 Å². The second-order valence-corrected chi connectivity index (χ2v) is 10.6. The van der Waals surface area contributed by atoms with Gasteiger partial charge in [-0.05, 0) is 23.0 Å². The molecule has 0 spiro atoms. The van der Waals surface area contributed by atoms with Crippen LogP contribution in [0, 0.1) is 17.3 Å². The number of nitrogens with one attached hydrogen (secondary N) is 1. The molecular weight excluding hydrogens is 442 g/mol. The Balaban J connectivity index is 1.87. The summed E-state index contributed by atoms with van der Waals surface area (Å²) in [6.07, 6.45) is -2.05.